The lowest BCUT2D eigenvalue weighted by Gasteiger charge is -2.33. The highest BCUT2D eigenvalue weighted by molar-refractivity contribution is 6.30. The largest absolute Gasteiger partial charge is 0.310 e. The van der Waals surface area contributed by atoms with Crippen molar-refractivity contribution < 1.29 is 0 Å². The van der Waals surface area contributed by atoms with Gasteiger partial charge in [0.2, 0.25) is 0 Å². The van der Waals surface area contributed by atoms with Crippen LogP contribution in [0.4, 0.5) is 0 Å². The van der Waals surface area contributed by atoms with Crippen LogP contribution in [0, 0.1) is 0 Å². The number of halogens is 1. The summed E-state index contributed by atoms with van der Waals surface area (Å²) in [4.78, 5) is 2.63. The third-order valence-electron chi connectivity index (χ3n) is 4.99. The van der Waals surface area contributed by atoms with Crippen LogP contribution in [-0.2, 0) is 12.8 Å². The molecule has 1 aromatic carbocycles. The van der Waals surface area contributed by atoms with E-state index in [1.165, 1.54) is 62.9 Å². The molecule has 1 atom stereocenters. The summed E-state index contributed by atoms with van der Waals surface area (Å²) in [6.07, 6.45) is 7.57. The van der Waals surface area contributed by atoms with E-state index in [2.05, 4.69) is 29.3 Å². The van der Waals surface area contributed by atoms with Crippen molar-refractivity contribution in [3.8, 4) is 0 Å². The Morgan fingerprint density at radius 3 is 2.67 bits per heavy atom. The zero-order chi connectivity index (χ0) is 14.7. The summed E-state index contributed by atoms with van der Waals surface area (Å²) in [5.41, 5.74) is 2.93. The molecule has 3 heteroatoms. The molecule has 0 spiro atoms. The van der Waals surface area contributed by atoms with Crippen molar-refractivity contribution in [1.82, 2.24) is 10.2 Å². The summed E-state index contributed by atoms with van der Waals surface area (Å²) < 4.78 is 0. The van der Waals surface area contributed by atoms with Gasteiger partial charge in [-0.15, -0.1) is 0 Å². The number of likely N-dealkylation sites (tertiary alicyclic amines) is 1. The van der Waals surface area contributed by atoms with E-state index in [1.54, 1.807) is 0 Å². The van der Waals surface area contributed by atoms with E-state index in [0.29, 0.717) is 12.1 Å². The van der Waals surface area contributed by atoms with Crippen molar-refractivity contribution in [3.63, 3.8) is 0 Å². The second kappa shape index (κ2) is 7.13. The van der Waals surface area contributed by atoms with Gasteiger partial charge < -0.3 is 10.2 Å². The van der Waals surface area contributed by atoms with Crippen molar-refractivity contribution in [2.45, 2.75) is 57.5 Å². The van der Waals surface area contributed by atoms with Crippen molar-refractivity contribution in [2.75, 3.05) is 19.6 Å². The van der Waals surface area contributed by atoms with E-state index in [1.807, 2.05) is 6.07 Å². The van der Waals surface area contributed by atoms with E-state index < -0.39 is 0 Å². The molecule has 0 radical (unpaired) electrons. The van der Waals surface area contributed by atoms with Crippen molar-refractivity contribution in [3.05, 3.63) is 34.3 Å². The van der Waals surface area contributed by atoms with Crippen LogP contribution in [0.1, 0.15) is 43.7 Å². The van der Waals surface area contributed by atoms with E-state index in [0.717, 1.165) is 11.4 Å². The number of unbranched alkanes of at least 4 members (excludes halogenated alkanes) is 1. The second-order valence-corrected chi connectivity index (χ2v) is 7.09. The van der Waals surface area contributed by atoms with Crippen LogP contribution < -0.4 is 5.32 Å². The Kier molecular flexibility index (Phi) is 5.20. The SMILES string of the molecule is CCCCN1CCC(NC2Cc3ccc(Cl)cc3C2)CC1. The number of benzene rings is 1. The minimum absolute atomic E-state index is 0.616. The average molecular weight is 307 g/mol. The van der Waals surface area contributed by atoms with E-state index >= 15 is 0 Å². The first-order valence-electron chi connectivity index (χ1n) is 8.50. The van der Waals surface area contributed by atoms with Crippen LogP contribution in [0.5, 0.6) is 0 Å². The normalized spacial score (nSPS) is 23.4. The molecular formula is C18H27ClN2. The molecule has 1 heterocycles. The van der Waals surface area contributed by atoms with Gasteiger partial charge in [-0.3, -0.25) is 0 Å². The number of nitrogens with one attached hydrogen (secondary N) is 1. The van der Waals surface area contributed by atoms with Gasteiger partial charge in [-0.1, -0.05) is 31.0 Å². The smallest absolute Gasteiger partial charge is 0.0408 e. The maximum atomic E-state index is 6.09. The fourth-order valence-corrected chi connectivity index (χ4v) is 3.94. The average Bonchev–Trinajstić information content (AvgIpc) is 2.88. The Bertz CT molecular complexity index is 466. The number of rotatable bonds is 5. The monoisotopic (exact) mass is 306 g/mol. The number of fused-ring (bicyclic) bond motifs is 1. The minimum Gasteiger partial charge on any atom is -0.310 e. The lowest BCUT2D eigenvalue weighted by Crippen LogP contribution is -2.46. The molecule has 1 N–H and O–H groups in total. The molecular weight excluding hydrogens is 280 g/mol. The van der Waals surface area contributed by atoms with E-state index in [9.17, 15) is 0 Å². The molecule has 21 heavy (non-hydrogen) atoms. The number of piperidine rings is 1. The summed E-state index contributed by atoms with van der Waals surface area (Å²) in [6.45, 7) is 6.10. The highest BCUT2D eigenvalue weighted by Crippen LogP contribution is 2.26. The molecule has 1 aromatic rings. The Morgan fingerprint density at radius 1 is 1.14 bits per heavy atom. The molecule has 2 nitrogen and oxygen atoms in total. The molecule has 0 saturated carbocycles. The molecule has 116 valence electrons. The van der Waals surface area contributed by atoms with Crippen LogP contribution in [0.25, 0.3) is 0 Å². The fourth-order valence-electron chi connectivity index (χ4n) is 3.74. The van der Waals surface area contributed by atoms with Crippen LogP contribution in [0.2, 0.25) is 5.02 Å². The first-order chi connectivity index (χ1) is 10.2. The number of hydrogen-bond acceptors (Lipinski definition) is 2. The van der Waals surface area contributed by atoms with Gasteiger partial charge in [0.25, 0.3) is 0 Å². The summed E-state index contributed by atoms with van der Waals surface area (Å²) in [6, 6.07) is 7.69. The summed E-state index contributed by atoms with van der Waals surface area (Å²) in [5.74, 6) is 0. The third kappa shape index (κ3) is 4.00. The van der Waals surface area contributed by atoms with Crippen LogP contribution >= 0.6 is 11.6 Å². The molecule has 2 aliphatic rings. The zero-order valence-electron chi connectivity index (χ0n) is 13.1. The van der Waals surface area contributed by atoms with Crippen LogP contribution in [0.15, 0.2) is 18.2 Å². The maximum Gasteiger partial charge on any atom is 0.0408 e. The quantitative estimate of drug-likeness (QED) is 0.893. The van der Waals surface area contributed by atoms with Gasteiger partial charge in [-0.25, -0.2) is 0 Å². The predicted octanol–water partition coefficient (Wildman–Crippen LogP) is 3.66. The van der Waals surface area contributed by atoms with Crippen molar-refractivity contribution in [1.29, 1.82) is 0 Å². The highest BCUT2D eigenvalue weighted by Gasteiger charge is 2.26. The van der Waals surface area contributed by atoms with Gasteiger partial charge in [0.1, 0.15) is 0 Å². The van der Waals surface area contributed by atoms with Crippen molar-refractivity contribution in [2.24, 2.45) is 0 Å². The third-order valence-corrected chi connectivity index (χ3v) is 5.22. The topological polar surface area (TPSA) is 15.3 Å². The zero-order valence-corrected chi connectivity index (χ0v) is 13.8. The molecule has 1 unspecified atom stereocenters. The lowest BCUT2D eigenvalue weighted by molar-refractivity contribution is 0.189. The second-order valence-electron chi connectivity index (χ2n) is 6.65. The molecule has 3 rings (SSSR count). The molecule has 1 aliphatic carbocycles. The van der Waals surface area contributed by atoms with Gasteiger partial charge in [-0.2, -0.15) is 0 Å². The Hall–Kier alpha value is -0.570. The standard InChI is InChI=1S/C18H27ClN2/c1-2-3-8-21-9-6-17(7-10-21)20-18-12-14-4-5-16(19)11-15(14)13-18/h4-5,11,17-18,20H,2-3,6-10,12-13H2,1H3. The first kappa shape index (κ1) is 15.3. The predicted molar refractivity (Wildman–Crippen MR) is 90.2 cm³/mol. The molecule has 1 aliphatic heterocycles. The summed E-state index contributed by atoms with van der Waals surface area (Å²) >= 11 is 6.09. The van der Waals surface area contributed by atoms with E-state index in [-0.39, 0.29) is 0 Å². The van der Waals surface area contributed by atoms with Gasteiger partial charge in [-0.05, 0) is 75.0 Å². The number of nitrogens with zero attached hydrogens (tertiary/aromatic N) is 1. The summed E-state index contributed by atoms with van der Waals surface area (Å²) in [7, 11) is 0. The van der Waals surface area contributed by atoms with Crippen LogP contribution in [0.3, 0.4) is 0 Å². The highest BCUT2D eigenvalue weighted by atomic mass is 35.5. The molecule has 0 amide bonds. The van der Waals surface area contributed by atoms with Gasteiger partial charge in [0.05, 0.1) is 0 Å². The molecule has 0 bridgehead atoms. The Morgan fingerprint density at radius 2 is 1.90 bits per heavy atom. The lowest BCUT2D eigenvalue weighted by atomic mass is 10.0. The number of hydrogen-bond donors (Lipinski definition) is 1. The van der Waals surface area contributed by atoms with E-state index in [4.69, 9.17) is 11.6 Å². The first-order valence-corrected chi connectivity index (χ1v) is 8.88. The molecule has 1 saturated heterocycles. The van der Waals surface area contributed by atoms with Gasteiger partial charge >= 0.3 is 0 Å². The molecule has 0 aromatic heterocycles. The maximum absolute atomic E-state index is 6.09. The minimum atomic E-state index is 0.616. The van der Waals surface area contributed by atoms with Gasteiger partial charge in [0, 0.05) is 17.1 Å². The Labute approximate surface area is 133 Å². The molecule has 1 fully saturated rings. The van der Waals surface area contributed by atoms with Crippen LogP contribution in [-0.4, -0.2) is 36.6 Å². The van der Waals surface area contributed by atoms with Gasteiger partial charge in [0.15, 0.2) is 0 Å². The fraction of sp³-hybridized carbons (Fsp3) is 0.667. The van der Waals surface area contributed by atoms with Crippen molar-refractivity contribution >= 4 is 11.6 Å². The summed E-state index contributed by atoms with van der Waals surface area (Å²) in [5, 5.41) is 4.76. The Balaban J connectivity index is 1.45.